The summed E-state index contributed by atoms with van der Waals surface area (Å²) < 4.78 is 0. The van der Waals surface area contributed by atoms with E-state index in [1.165, 1.54) is 22.3 Å². The molecule has 2 aromatic carbocycles. The van der Waals surface area contributed by atoms with Crippen LogP contribution in [0.4, 0.5) is 0 Å². The molecule has 2 aliphatic rings. The Kier molecular flexibility index (Phi) is 2.36. The zero-order chi connectivity index (χ0) is 14.8. The molecule has 0 radical (unpaired) electrons. The summed E-state index contributed by atoms with van der Waals surface area (Å²) in [4.78, 5) is 12.7. The molecule has 0 fully saturated rings. The zero-order valence-corrected chi connectivity index (χ0v) is 12.4. The molecule has 2 aliphatic carbocycles. The summed E-state index contributed by atoms with van der Waals surface area (Å²) >= 11 is 0. The van der Waals surface area contributed by atoms with E-state index in [2.05, 4.69) is 55.1 Å². The number of hydrogen-bond donors (Lipinski definition) is 0. The van der Waals surface area contributed by atoms with Gasteiger partial charge in [0.25, 0.3) is 0 Å². The van der Waals surface area contributed by atoms with Crippen molar-refractivity contribution in [1.29, 1.82) is 0 Å². The van der Waals surface area contributed by atoms with Crippen molar-refractivity contribution in [3.63, 3.8) is 0 Å². The summed E-state index contributed by atoms with van der Waals surface area (Å²) in [6.07, 6.45) is 0. The standard InChI is InChI=1S/C20H18O/c1-12(2)20(13(3)21)18-14-8-4-5-9-15(14)19(20)17-11-7-6-10-16(17)18/h4-11,18-19H,1H2,2-3H3. The maximum absolute atomic E-state index is 12.7. The van der Waals surface area contributed by atoms with E-state index in [-0.39, 0.29) is 17.6 Å². The second-order valence-corrected chi connectivity index (χ2v) is 6.33. The molecule has 0 heterocycles. The summed E-state index contributed by atoms with van der Waals surface area (Å²) in [7, 11) is 0. The van der Waals surface area contributed by atoms with Crippen LogP contribution in [0, 0.1) is 5.41 Å². The van der Waals surface area contributed by atoms with Gasteiger partial charge in [-0.15, -0.1) is 0 Å². The quantitative estimate of drug-likeness (QED) is 0.740. The van der Waals surface area contributed by atoms with Gasteiger partial charge < -0.3 is 0 Å². The van der Waals surface area contributed by atoms with Crippen LogP contribution in [-0.2, 0) is 4.79 Å². The van der Waals surface area contributed by atoms with Crippen LogP contribution in [0.5, 0.6) is 0 Å². The Bertz CT molecular complexity index is 670. The van der Waals surface area contributed by atoms with Gasteiger partial charge >= 0.3 is 0 Å². The van der Waals surface area contributed by atoms with Crippen LogP contribution >= 0.6 is 0 Å². The lowest BCUT2D eigenvalue weighted by Gasteiger charge is -2.33. The molecule has 2 aromatic rings. The van der Waals surface area contributed by atoms with Gasteiger partial charge in [-0.1, -0.05) is 60.7 Å². The lowest BCUT2D eigenvalue weighted by Crippen LogP contribution is -2.34. The Morgan fingerprint density at radius 1 is 0.857 bits per heavy atom. The molecule has 1 nitrogen and oxygen atoms in total. The van der Waals surface area contributed by atoms with E-state index < -0.39 is 5.41 Å². The van der Waals surface area contributed by atoms with Crippen LogP contribution in [0.25, 0.3) is 0 Å². The van der Waals surface area contributed by atoms with Crippen LogP contribution in [-0.4, -0.2) is 5.78 Å². The Balaban J connectivity index is 2.12. The van der Waals surface area contributed by atoms with Gasteiger partial charge in [-0.2, -0.15) is 0 Å². The number of benzene rings is 2. The lowest BCUT2D eigenvalue weighted by molar-refractivity contribution is -0.125. The third-order valence-corrected chi connectivity index (χ3v) is 5.44. The van der Waals surface area contributed by atoms with Gasteiger partial charge in [-0.3, -0.25) is 4.79 Å². The number of fused-ring (bicyclic) bond motifs is 8. The van der Waals surface area contributed by atoms with E-state index in [1.54, 1.807) is 6.92 Å². The van der Waals surface area contributed by atoms with Gasteiger partial charge in [-0.05, 0) is 36.1 Å². The first-order chi connectivity index (χ1) is 10.1. The highest BCUT2D eigenvalue weighted by atomic mass is 16.1. The van der Waals surface area contributed by atoms with E-state index >= 15 is 0 Å². The Hall–Kier alpha value is -2.15. The number of carbonyl (C=O) groups is 1. The molecule has 0 N–H and O–H groups in total. The second kappa shape index (κ2) is 3.94. The highest BCUT2D eigenvalue weighted by molar-refractivity contribution is 5.93. The maximum atomic E-state index is 12.7. The van der Waals surface area contributed by atoms with E-state index in [4.69, 9.17) is 0 Å². The average molecular weight is 274 g/mol. The van der Waals surface area contributed by atoms with Gasteiger partial charge in [0, 0.05) is 11.8 Å². The first-order valence-electron chi connectivity index (χ1n) is 7.44. The number of rotatable bonds is 2. The topological polar surface area (TPSA) is 17.1 Å². The van der Waals surface area contributed by atoms with Crippen LogP contribution in [0.3, 0.4) is 0 Å². The van der Waals surface area contributed by atoms with Gasteiger partial charge in [0.1, 0.15) is 5.78 Å². The molecule has 2 bridgehead atoms. The van der Waals surface area contributed by atoms with Gasteiger partial charge in [0.05, 0.1) is 5.41 Å². The number of ketones is 1. The highest BCUT2D eigenvalue weighted by Crippen LogP contribution is 2.69. The Morgan fingerprint density at radius 2 is 1.19 bits per heavy atom. The van der Waals surface area contributed by atoms with E-state index in [0.717, 1.165) is 5.57 Å². The highest BCUT2D eigenvalue weighted by Gasteiger charge is 2.62. The number of allylic oxidation sites excluding steroid dienone is 1. The third-order valence-electron chi connectivity index (χ3n) is 5.44. The lowest BCUT2D eigenvalue weighted by atomic mass is 9.67. The maximum Gasteiger partial charge on any atom is 0.141 e. The predicted octanol–water partition coefficient (Wildman–Crippen LogP) is 4.43. The SMILES string of the molecule is C=C(C)C1(C(C)=O)C2c3ccccc3C1c1ccccc12. The molecule has 21 heavy (non-hydrogen) atoms. The molecule has 4 rings (SSSR count). The van der Waals surface area contributed by atoms with Crippen LogP contribution in [0.1, 0.15) is 47.9 Å². The summed E-state index contributed by atoms with van der Waals surface area (Å²) in [6, 6.07) is 17.0. The minimum Gasteiger partial charge on any atom is -0.299 e. The molecule has 0 amide bonds. The fourth-order valence-electron chi connectivity index (χ4n) is 4.76. The second-order valence-electron chi connectivity index (χ2n) is 6.33. The molecular weight excluding hydrogens is 256 g/mol. The van der Waals surface area contributed by atoms with Crippen molar-refractivity contribution >= 4 is 5.78 Å². The van der Waals surface area contributed by atoms with Gasteiger partial charge in [0.15, 0.2) is 0 Å². The van der Waals surface area contributed by atoms with Gasteiger partial charge in [-0.25, -0.2) is 0 Å². The van der Waals surface area contributed by atoms with Crippen molar-refractivity contribution in [3.05, 3.63) is 82.9 Å². The molecule has 104 valence electrons. The number of carbonyl (C=O) groups excluding carboxylic acids is 1. The molecule has 0 atom stereocenters. The molecule has 0 aliphatic heterocycles. The van der Waals surface area contributed by atoms with Crippen molar-refractivity contribution in [1.82, 2.24) is 0 Å². The van der Waals surface area contributed by atoms with Crippen LogP contribution < -0.4 is 0 Å². The van der Waals surface area contributed by atoms with Crippen molar-refractivity contribution in [2.75, 3.05) is 0 Å². The van der Waals surface area contributed by atoms with Crippen molar-refractivity contribution in [2.45, 2.75) is 25.7 Å². The van der Waals surface area contributed by atoms with E-state index in [9.17, 15) is 4.79 Å². The van der Waals surface area contributed by atoms with E-state index in [1.807, 2.05) is 6.92 Å². The van der Waals surface area contributed by atoms with E-state index in [0.29, 0.717) is 0 Å². The minimum absolute atomic E-state index is 0.130. The molecule has 0 unspecified atom stereocenters. The van der Waals surface area contributed by atoms with Crippen molar-refractivity contribution in [2.24, 2.45) is 5.41 Å². The summed E-state index contributed by atoms with van der Waals surface area (Å²) in [6.45, 7) is 7.96. The Labute approximate surface area is 125 Å². The largest absolute Gasteiger partial charge is 0.299 e. The molecule has 0 saturated heterocycles. The first-order valence-corrected chi connectivity index (χ1v) is 7.44. The fourth-order valence-corrected chi connectivity index (χ4v) is 4.76. The minimum atomic E-state index is -0.493. The molecule has 0 aromatic heterocycles. The number of hydrogen-bond acceptors (Lipinski definition) is 1. The smallest absolute Gasteiger partial charge is 0.141 e. The Morgan fingerprint density at radius 3 is 1.43 bits per heavy atom. The van der Waals surface area contributed by atoms with Crippen LogP contribution in [0.2, 0.25) is 0 Å². The molecule has 1 heteroatoms. The third kappa shape index (κ3) is 1.25. The van der Waals surface area contributed by atoms with Crippen molar-refractivity contribution in [3.8, 4) is 0 Å². The first kappa shape index (κ1) is 12.6. The van der Waals surface area contributed by atoms with Gasteiger partial charge in [0.2, 0.25) is 0 Å². The summed E-state index contributed by atoms with van der Waals surface area (Å²) in [5, 5.41) is 0. The monoisotopic (exact) mass is 274 g/mol. The van der Waals surface area contributed by atoms with Crippen molar-refractivity contribution < 1.29 is 4.79 Å². The average Bonchev–Trinajstić information content (AvgIpc) is 2.96. The fraction of sp³-hybridized carbons (Fsp3) is 0.250. The normalized spacial score (nSPS) is 28.1. The molecule has 0 spiro atoms. The predicted molar refractivity (Wildman–Crippen MR) is 84.5 cm³/mol. The molecular formula is C20H18O. The zero-order valence-electron chi connectivity index (χ0n) is 12.4. The number of Topliss-reactive ketones (excluding diaryl/α,β-unsaturated/α-hetero) is 1. The summed E-state index contributed by atoms with van der Waals surface area (Å²) in [5.41, 5.74) is 5.71. The molecule has 0 saturated carbocycles. The van der Waals surface area contributed by atoms with Crippen LogP contribution in [0.15, 0.2) is 60.7 Å². The summed E-state index contributed by atoms with van der Waals surface area (Å²) in [5.74, 6) is 0.493.